The Bertz CT molecular complexity index is 719. The average Bonchev–Trinajstić information content (AvgIpc) is 2.73. The summed E-state index contributed by atoms with van der Waals surface area (Å²) in [5, 5.41) is 12.1. The van der Waals surface area contributed by atoms with Gasteiger partial charge in [-0.05, 0) is 18.6 Å². The molecular weight excluding hydrogens is 374 g/mol. The average molecular weight is 403 g/mol. The van der Waals surface area contributed by atoms with Gasteiger partial charge >= 0.3 is 5.97 Å². The van der Waals surface area contributed by atoms with Gasteiger partial charge in [-0.25, -0.2) is 4.79 Å². The van der Waals surface area contributed by atoms with E-state index in [9.17, 15) is 14.9 Å². The maximum Gasteiger partial charge on any atom is 0.340 e. The zero-order valence-corrected chi connectivity index (χ0v) is 17.3. The minimum absolute atomic E-state index is 0.0913. The Balaban J connectivity index is 2.94. The van der Waals surface area contributed by atoms with Crippen LogP contribution in [0.15, 0.2) is 36.0 Å². The molecule has 0 saturated heterocycles. The van der Waals surface area contributed by atoms with Gasteiger partial charge < -0.3 is 24.4 Å². The monoisotopic (exact) mass is 403 g/mol. The van der Waals surface area contributed by atoms with Crippen LogP contribution in [0.25, 0.3) is 0 Å². The van der Waals surface area contributed by atoms with Crippen LogP contribution in [0.5, 0.6) is 0 Å². The molecule has 8 heteroatoms. The Kier molecular flexibility index (Phi) is 11.8. The number of carbonyl (C=O) groups is 2. The molecule has 0 aliphatic carbocycles. The zero-order valence-electron chi connectivity index (χ0n) is 17.3. The number of nitrogens with one attached hydrogen (secondary N) is 1. The van der Waals surface area contributed by atoms with Crippen LogP contribution < -0.4 is 5.32 Å². The molecule has 158 valence electrons. The molecular formula is C21H29N3O5. The fourth-order valence-electron chi connectivity index (χ4n) is 2.33. The van der Waals surface area contributed by atoms with Crippen LogP contribution in [0.3, 0.4) is 0 Å². The molecule has 0 aliphatic heterocycles. The van der Waals surface area contributed by atoms with E-state index in [-0.39, 0.29) is 11.1 Å². The molecule has 0 aromatic heterocycles. The summed E-state index contributed by atoms with van der Waals surface area (Å²) in [7, 11) is 3.15. The van der Waals surface area contributed by atoms with Gasteiger partial charge in [-0.3, -0.25) is 4.79 Å². The van der Waals surface area contributed by atoms with Gasteiger partial charge in [0, 0.05) is 33.5 Å². The molecule has 0 aliphatic rings. The summed E-state index contributed by atoms with van der Waals surface area (Å²) < 4.78 is 15.3. The lowest BCUT2D eigenvalue weighted by Gasteiger charge is -2.20. The number of amides is 1. The van der Waals surface area contributed by atoms with Crippen LogP contribution in [0.1, 0.15) is 30.1 Å². The van der Waals surface area contributed by atoms with Crippen LogP contribution in [0.2, 0.25) is 0 Å². The lowest BCUT2D eigenvalue weighted by Crippen LogP contribution is -2.28. The van der Waals surface area contributed by atoms with Crippen molar-refractivity contribution < 1.29 is 23.8 Å². The summed E-state index contributed by atoms with van der Waals surface area (Å²) in [5.74, 6) is -1.13. The third-order valence-electron chi connectivity index (χ3n) is 3.97. The number of unbranched alkanes of at least 4 members (excludes halogenated alkanes) is 1. The van der Waals surface area contributed by atoms with Gasteiger partial charge in [-0.15, -0.1) is 0 Å². The van der Waals surface area contributed by atoms with E-state index in [1.54, 1.807) is 43.4 Å². The Hall–Kier alpha value is -2.89. The smallest absolute Gasteiger partial charge is 0.340 e. The molecule has 0 unspecified atom stereocenters. The number of para-hydroxylation sites is 1. The highest BCUT2D eigenvalue weighted by Gasteiger charge is 2.17. The molecule has 1 aromatic carbocycles. The van der Waals surface area contributed by atoms with Crippen LogP contribution in [0.4, 0.5) is 5.69 Å². The molecule has 1 amide bonds. The van der Waals surface area contributed by atoms with Crippen molar-refractivity contribution in [1.29, 1.82) is 5.26 Å². The topological polar surface area (TPSA) is 101 Å². The molecule has 8 nitrogen and oxygen atoms in total. The molecule has 0 saturated carbocycles. The van der Waals surface area contributed by atoms with Crippen molar-refractivity contribution in [2.75, 3.05) is 52.4 Å². The third-order valence-corrected chi connectivity index (χ3v) is 3.97. The van der Waals surface area contributed by atoms with Crippen LogP contribution in [-0.2, 0) is 19.0 Å². The lowest BCUT2D eigenvalue weighted by molar-refractivity contribution is -0.112. The van der Waals surface area contributed by atoms with E-state index >= 15 is 0 Å². The van der Waals surface area contributed by atoms with Crippen molar-refractivity contribution in [3.8, 4) is 6.07 Å². The normalized spacial score (nSPS) is 10.9. The summed E-state index contributed by atoms with van der Waals surface area (Å²) in [6.07, 6.45) is 3.14. The Morgan fingerprint density at radius 3 is 2.38 bits per heavy atom. The van der Waals surface area contributed by atoms with Crippen molar-refractivity contribution in [3.05, 3.63) is 41.6 Å². The first-order chi connectivity index (χ1) is 14.1. The van der Waals surface area contributed by atoms with Crippen molar-refractivity contribution in [1.82, 2.24) is 4.90 Å². The summed E-state index contributed by atoms with van der Waals surface area (Å²) in [6.45, 7) is 4.19. The summed E-state index contributed by atoms with van der Waals surface area (Å²) >= 11 is 0. The van der Waals surface area contributed by atoms with E-state index in [4.69, 9.17) is 14.2 Å². The van der Waals surface area contributed by atoms with Gasteiger partial charge in [-0.2, -0.15) is 5.26 Å². The number of nitriles is 1. The maximum absolute atomic E-state index is 12.6. The number of carbonyl (C=O) groups excluding carboxylic acids is 2. The highest BCUT2D eigenvalue weighted by molar-refractivity contribution is 6.09. The Morgan fingerprint density at radius 2 is 1.79 bits per heavy atom. The number of hydrogen-bond acceptors (Lipinski definition) is 7. The molecule has 1 rings (SSSR count). The predicted molar refractivity (Wildman–Crippen MR) is 109 cm³/mol. The predicted octanol–water partition coefficient (Wildman–Crippen LogP) is 2.58. The number of rotatable bonds is 13. The van der Waals surface area contributed by atoms with Gasteiger partial charge in [0.05, 0.1) is 31.1 Å². The minimum Gasteiger partial charge on any atom is -0.462 e. The first-order valence-corrected chi connectivity index (χ1v) is 9.48. The highest BCUT2D eigenvalue weighted by atomic mass is 16.5. The molecule has 0 radical (unpaired) electrons. The number of anilines is 1. The van der Waals surface area contributed by atoms with Gasteiger partial charge in [-0.1, -0.05) is 25.5 Å². The highest BCUT2D eigenvalue weighted by Crippen LogP contribution is 2.17. The molecule has 29 heavy (non-hydrogen) atoms. The van der Waals surface area contributed by atoms with Gasteiger partial charge in [0.25, 0.3) is 5.91 Å². The van der Waals surface area contributed by atoms with Crippen LogP contribution in [-0.4, -0.2) is 63.9 Å². The fraction of sp³-hybridized carbons (Fsp3) is 0.476. The standard InChI is InChI=1S/C21H29N3O5/c1-4-5-12-29-21(26)18-8-6-7-9-19(18)23-20(25)17(15-22)16-24(10-13-27-2)11-14-28-3/h6-9,16H,4-5,10-14H2,1-3H3,(H,23,25)/b17-16-. The summed E-state index contributed by atoms with van der Waals surface area (Å²) in [6, 6.07) is 8.45. The largest absolute Gasteiger partial charge is 0.462 e. The number of methoxy groups -OCH3 is 2. The van der Waals surface area contributed by atoms with E-state index in [0.29, 0.717) is 38.6 Å². The van der Waals surface area contributed by atoms with Gasteiger partial charge in [0.15, 0.2) is 0 Å². The summed E-state index contributed by atoms with van der Waals surface area (Å²) in [5.41, 5.74) is 0.441. The Morgan fingerprint density at radius 1 is 1.14 bits per heavy atom. The quantitative estimate of drug-likeness (QED) is 0.234. The second-order valence-electron chi connectivity index (χ2n) is 6.17. The molecule has 0 fully saturated rings. The van der Waals surface area contributed by atoms with Crippen molar-refractivity contribution in [2.45, 2.75) is 19.8 Å². The van der Waals surface area contributed by atoms with Crippen LogP contribution in [0, 0.1) is 11.3 Å². The lowest BCUT2D eigenvalue weighted by atomic mass is 10.1. The first kappa shape index (κ1) is 24.1. The number of hydrogen-bond donors (Lipinski definition) is 1. The second kappa shape index (κ2) is 14.2. The summed E-state index contributed by atoms with van der Waals surface area (Å²) in [4.78, 5) is 26.7. The Labute approximate surface area is 172 Å². The van der Waals surface area contributed by atoms with E-state index in [1.807, 2.05) is 13.0 Å². The molecule has 1 N–H and O–H groups in total. The van der Waals surface area contributed by atoms with Gasteiger partial charge in [0.1, 0.15) is 11.6 Å². The van der Waals surface area contributed by atoms with Crippen LogP contribution >= 0.6 is 0 Å². The number of benzene rings is 1. The molecule has 0 heterocycles. The maximum atomic E-state index is 12.6. The van der Waals surface area contributed by atoms with Gasteiger partial charge in [0.2, 0.25) is 0 Å². The second-order valence-corrected chi connectivity index (χ2v) is 6.17. The number of esters is 1. The molecule has 0 spiro atoms. The number of nitrogens with zero attached hydrogens (tertiary/aromatic N) is 2. The molecule has 0 bridgehead atoms. The third kappa shape index (κ3) is 8.77. The van der Waals surface area contributed by atoms with E-state index < -0.39 is 11.9 Å². The molecule has 0 atom stereocenters. The first-order valence-electron chi connectivity index (χ1n) is 9.48. The fourth-order valence-corrected chi connectivity index (χ4v) is 2.33. The van der Waals surface area contributed by atoms with Crippen molar-refractivity contribution in [2.24, 2.45) is 0 Å². The van der Waals surface area contributed by atoms with E-state index in [1.165, 1.54) is 6.20 Å². The van der Waals surface area contributed by atoms with Crippen molar-refractivity contribution >= 4 is 17.6 Å². The van der Waals surface area contributed by atoms with E-state index in [2.05, 4.69) is 5.32 Å². The molecule has 1 aromatic rings. The minimum atomic E-state index is -0.610. The van der Waals surface area contributed by atoms with E-state index in [0.717, 1.165) is 12.8 Å². The zero-order chi connectivity index (χ0) is 21.5. The van der Waals surface area contributed by atoms with Crippen molar-refractivity contribution in [3.63, 3.8) is 0 Å². The number of ether oxygens (including phenoxy) is 3. The SMILES string of the molecule is CCCCOC(=O)c1ccccc1NC(=O)/C(C#N)=C\N(CCOC)CCOC.